The fraction of sp³-hybridized carbons (Fsp3) is 0.417. The zero-order chi connectivity index (χ0) is 18.5. The van der Waals surface area contributed by atoms with Crippen molar-refractivity contribution >= 4 is 21.4 Å². The number of benzene rings is 2. The van der Waals surface area contributed by atoms with Crippen LogP contribution in [0.1, 0.15) is 41.7 Å². The van der Waals surface area contributed by atoms with Gasteiger partial charge in [0, 0.05) is 15.1 Å². The minimum atomic E-state index is -0.0778. The second-order valence-electron chi connectivity index (χ2n) is 8.29. The maximum Gasteiger partial charge on any atom is 0.103 e. The summed E-state index contributed by atoms with van der Waals surface area (Å²) in [5, 5.41) is 1.45. The second kappa shape index (κ2) is 6.44. The molecule has 1 spiro atoms. The summed E-state index contributed by atoms with van der Waals surface area (Å²) in [6.07, 6.45) is 5.52. The molecule has 1 aliphatic heterocycles. The van der Waals surface area contributed by atoms with E-state index in [-0.39, 0.29) is 11.1 Å². The minimum absolute atomic E-state index is 0.0778. The number of hydrogen-bond donors (Lipinski definition) is 0. The number of thiophene rings is 1. The van der Waals surface area contributed by atoms with E-state index >= 15 is 0 Å². The molecule has 27 heavy (non-hydrogen) atoms. The van der Waals surface area contributed by atoms with E-state index in [1.807, 2.05) is 11.3 Å². The van der Waals surface area contributed by atoms with Crippen LogP contribution < -0.4 is 0 Å². The number of fused-ring (bicyclic) bond motifs is 4. The zero-order valence-corrected chi connectivity index (χ0v) is 17.0. The highest BCUT2D eigenvalue weighted by molar-refractivity contribution is 7.19. The van der Waals surface area contributed by atoms with Crippen LogP contribution >= 0.6 is 11.3 Å². The summed E-state index contributed by atoms with van der Waals surface area (Å²) in [7, 11) is 4.47. The van der Waals surface area contributed by atoms with Gasteiger partial charge in [-0.2, -0.15) is 0 Å². The number of hydrogen-bond acceptors (Lipinski definition) is 3. The largest absolute Gasteiger partial charge is 0.369 e. The van der Waals surface area contributed by atoms with Gasteiger partial charge >= 0.3 is 0 Å². The Labute approximate surface area is 165 Å². The predicted molar refractivity (Wildman–Crippen MR) is 113 cm³/mol. The van der Waals surface area contributed by atoms with Gasteiger partial charge in [-0.1, -0.05) is 48.5 Å². The van der Waals surface area contributed by atoms with Gasteiger partial charge in [0.1, 0.15) is 5.60 Å². The van der Waals surface area contributed by atoms with Crippen LogP contribution in [0.2, 0.25) is 0 Å². The number of nitrogens with zero attached hydrogens (tertiary/aromatic N) is 1. The van der Waals surface area contributed by atoms with Crippen LogP contribution in [0.25, 0.3) is 10.1 Å². The summed E-state index contributed by atoms with van der Waals surface area (Å²) in [5.41, 5.74) is 3.03. The van der Waals surface area contributed by atoms with Gasteiger partial charge in [0.2, 0.25) is 0 Å². The second-order valence-corrected chi connectivity index (χ2v) is 9.34. The Hall–Kier alpha value is -1.68. The molecule has 1 saturated carbocycles. The van der Waals surface area contributed by atoms with Gasteiger partial charge in [-0.25, -0.2) is 0 Å². The third kappa shape index (κ3) is 2.60. The van der Waals surface area contributed by atoms with Crippen molar-refractivity contribution in [2.45, 2.75) is 43.2 Å². The molecule has 0 unspecified atom stereocenters. The van der Waals surface area contributed by atoms with Crippen molar-refractivity contribution in [2.24, 2.45) is 0 Å². The first kappa shape index (κ1) is 17.4. The van der Waals surface area contributed by atoms with Gasteiger partial charge in [-0.05, 0) is 68.8 Å². The lowest BCUT2D eigenvalue weighted by atomic mass is 9.68. The van der Waals surface area contributed by atoms with Crippen LogP contribution in [0.15, 0.2) is 54.6 Å². The van der Waals surface area contributed by atoms with E-state index in [4.69, 9.17) is 4.74 Å². The van der Waals surface area contributed by atoms with Crippen LogP contribution in [0.3, 0.4) is 0 Å². The number of ether oxygens (including phenoxy) is 1. The zero-order valence-electron chi connectivity index (χ0n) is 16.2. The summed E-state index contributed by atoms with van der Waals surface area (Å²) < 4.78 is 7.98. The smallest absolute Gasteiger partial charge is 0.103 e. The summed E-state index contributed by atoms with van der Waals surface area (Å²) in [6, 6.07) is 19.9. The van der Waals surface area contributed by atoms with Crippen LogP contribution in [0, 0.1) is 0 Å². The highest BCUT2D eigenvalue weighted by Crippen LogP contribution is 2.54. The molecular weight excluding hydrogens is 350 g/mol. The molecule has 0 amide bonds. The summed E-state index contributed by atoms with van der Waals surface area (Å²) in [5.74, 6) is 0. The Morgan fingerprint density at radius 2 is 1.59 bits per heavy atom. The fourth-order valence-electron chi connectivity index (χ4n) is 5.31. The molecule has 0 atom stereocenters. The highest BCUT2D eigenvalue weighted by Gasteiger charge is 2.49. The molecule has 1 aliphatic carbocycles. The van der Waals surface area contributed by atoms with Crippen LogP contribution in [0.4, 0.5) is 0 Å². The lowest BCUT2D eigenvalue weighted by molar-refractivity contribution is -0.108. The third-order valence-electron chi connectivity index (χ3n) is 6.89. The molecule has 0 bridgehead atoms. The molecule has 2 aliphatic rings. The molecule has 5 rings (SSSR count). The van der Waals surface area contributed by atoms with Crippen molar-refractivity contribution in [3.63, 3.8) is 0 Å². The van der Waals surface area contributed by atoms with Gasteiger partial charge in [0.05, 0.1) is 6.61 Å². The van der Waals surface area contributed by atoms with Crippen molar-refractivity contribution in [3.8, 4) is 0 Å². The lowest BCUT2D eigenvalue weighted by Crippen LogP contribution is -2.49. The SMILES string of the molecule is CN(C)C1(c2ccccc2)CCC2(CC1)OCCc1c2sc2ccccc12. The molecule has 3 heteroatoms. The fourth-order valence-corrected chi connectivity index (χ4v) is 6.76. The van der Waals surface area contributed by atoms with Gasteiger partial charge in [-0.15, -0.1) is 11.3 Å². The van der Waals surface area contributed by atoms with E-state index in [1.54, 1.807) is 5.56 Å². The van der Waals surface area contributed by atoms with Gasteiger partial charge < -0.3 is 4.74 Å². The normalized spacial score (nSPS) is 28.0. The highest BCUT2D eigenvalue weighted by atomic mass is 32.1. The minimum Gasteiger partial charge on any atom is -0.369 e. The van der Waals surface area contributed by atoms with Gasteiger partial charge in [0.25, 0.3) is 0 Å². The quantitative estimate of drug-likeness (QED) is 0.568. The van der Waals surface area contributed by atoms with Crippen LogP contribution in [-0.2, 0) is 22.3 Å². The van der Waals surface area contributed by atoms with Crippen molar-refractivity contribution in [3.05, 3.63) is 70.6 Å². The Morgan fingerprint density at radius 1 is 0.889 bits per heavy atom. The molecule has 1 aromatic heterocycles. The van der Waals surface area contributed by atoms with E-state index in [2.05, 4.69) is 73.6 Å². The molecule has 3 aromatic rings. The van der Waals surface area contributed by atoms with E-state index in [0.29, 0.717) is 0 Å². The molecule has 140 valence electrons. The average Bonchev–Trinajstić information content (AvgIpc) is 3.10. The van der Waals surface area contributed by atoms with Crippen LogP contribution in [-0.4, -0.2) is 25.6 Å². The van der Waals surface area contributed by atoms with E-state index < -0.39 is 0 Å². The Kier molecular flexibility index (Phi) is 4.15. The number of rotatable bonds is 2. The average molecular weight is 378 g/mol. The molecule has 2 aromatic carbocycles. The van der Waals surface area contributed by atoms with Crippen molar-refractivity contribution in [1.82, 2.24) is 4.90 Å². The molecule has 2 heterocycles. The van der Waals surface area contributed by atoms with Crippen LogP contribution in [0.5, 0.6) is 0 Å². The van der Waals surface area contributed by atoms with E-state index in [9.17, 15) is 0 Å². The Morgan fingerprint density at radius 3 is 2.33 bits per heavy atom. The topological polar surface area (TPSA) is 12.5 Å². The Balaban J connectivity index is 1.53. The standard InChI is InChI=1S/C24H27NOS/c1-25(2)23(18-8-4-3-5-9-18)13-15-24(16-14-23)22-20(12-17-26-24)19-10-6-7-11-21(19)27-22/h3-11H,12-17H2,1-2H3. The van der Waals surface area contributed by atoms with Crippen molar-refractivity contribution in [1.29, 1.82) is 0 Å². The molecule has 0 saturated heterocycles. The molecular formula is C24H27NOS. The lowest BCUT2D eigenvalue weighted by Gasteiger charge is -2.50. The molecule has 0 N–H and O–H groups in total. The molecule has 2 nitrogen and oxygen atoms in total. The molecule has 1 fully saturated rings. The maximum absolute atomic E-state index is 6.56. The monoisotopic (exact) mass is 377 g/mol. The maximum atomic E-state index is 6.56. The molecule has 0 radical (unpaired) electrons. The predicted octanol–water partition coefficient (Wildman–Crippen LogP) is 5.70. The first-order chi connectivity index (χ1) is 13.1. The van der Waals surface area contributed by atoms with Gasteiger partial charge in [0.15, 0.2) is 0 Å². The summed E-state index contributed by atoms with van der Waals surface area (Å²) in [4.78, 5) is 3.94. The van der Waals surface area contributed by atoms with Crippen molar-refractivity contribution in [2.75, 3.05) is 20.7 Å². The van der Waals surface area contributed by atoms with E-state index in [1.165, 1.54) is 20.5 Å². The van der Waals surface area contributed by atoms with E-state index in [0.717, 1.165) is 38.7 Å². The Bertz CT molecular complexity index is 951. The van der Waals surface area contributed by atoms with Gasteiger partial charge in [-0.3, -0.25) is 4.90 Å². The van der Waals surface area contributed by atoms with Crippen molar-refractivity contribution < 1.29 is 4.74 Å². The first-order valence-corrected chi connectivity index (χ1v) is 10.8. The summed E-state index contributed by atoms with van der Waals surface area (Å²) in [6.45, 7) is 0.855. The third-order valence-corrected chi connectivity index (χ3v) is 8.29. The summed E-state index contributed by atoms with van der Waals surface area (Å²) >= 11 is 1.97. The first-order valence-electron chi connectivity index (χ1n) is 10.0.